The predicted molar refractivity (Wildman–Crippen MR) is 121 cm³/mol. The number of fused-ring (bicyclic) bond motifs is 2. The zero-order valence-corrected chi connectivity index (χ0v) is 17.8. The maximum Gasteiger partial charge on any atom is 0.282 e. The summed E-state index contributed by atoms with van der Waals surface area (Å²) < 4.78 is 8.21. The minimum atomic E-state index is -0.268. The van der Waals surface area contributed by atoms with Gasteiger partial charge in [-0.3, -0.25) is 4.79 Å². The Kier molecular flexibility index (Phi) is 4.58. The molecule has 0 aliphatic carbocycles. The summed E-state index contributed by atoms with van der Waals surface area (Å²) in [6.07, 6.45) is 1.64. The van der Waals surface area contributed by atoms with Gasteiger partial charge < -0.3 is 4.42 Å². The van der Waals surface area contributed by atoms with Crippen molar-refractivity contribution in [2.45, 2.75) is 0 Å². The highest BCUT2D eigenvalue weighted by Gasteiger charge is 2.16. The molecule has 0 saturated heterocycles. The van der Waals surface area contributed by atoms with E-state index in [1.165, 1.54) is 16.0 Å². The summed E-state index contributed by atoms with van der Waals surface area (Å²) in [6, 6.07) is 18.2. The lowest BCUT2D eigenvalue weighted by Gasteiger charge is -2.06. The molecule has 0 spiro atoms. The number of aromatic nitrogens is 2. The molecule has 0 bridgehead atoms. The van der Waals surface area contributed by atoms with E-state index in [9.17, 15) is 4.79 Å². The van der Waals surface area contributed by atoms with Gasteiger partial charge in [-0.05, 0) is 64.5 Å². The van der Waals surface area contributed by atoms with Gasteiger partial charge in [0.1, 0.15) is 5.58 Å². The molecule has 5 nitrogen and oxygen atoms in total. The average molecular weight is 485 g/mol. The first-order chi connectivity index (χ1) is 14.1. The van der Waals surface area contributed by atoms with Gasteiger partial charge in [-0.2, -0.15) is 9.78 Å². The Morgan fingerprint density at radius 2 is 2.00 bits per heavy atom. The third kappa shape index (κ3) is 3.42. The van der Waals surface area contributed by atoms with Gasteiger partial charge in [0.05, 0.1) is 20.9 Å². The standard InChI is InChI=1S/C21H11BrClN3O2S/c22-19-8-6-14(29-19)11-24-26-20(25-16-4-2-1-3-15(16)21(26)27)18-10-12-9-13(23)5-7-17(12)28-18/h1-11H. The van der Waals surface area contributed by atoms with Crippen molar-refractivity contribution in [3.63, 3.8) is 0 Å². The van der Waals surface area contributed by atoms with Crippen molar-refractivity contribution in [2.75, 3.05) is 0 Å². The topological polar surface area (TPSA) is 60.4 Å². The maximum atomic E-state index is 13.2. The Labute approximate surface area is 182 Å². The lowest BCUT2D eigenvalue weighted by molar-refractivity contribution is 0.616. The smallest absolute Gasteiger partial charge is 0.282 e. The molecule has 0 atom stereocenters. The van der Waals surface area contributed by atoms with Gasteiger partial charge in [-0.25, -0.2) is 4.98 Å². The highest BCUT2D eigenvalue weighted by molar-refractivity contribution is 9.11. The summed E-state index contributed by atoms with van der Waals surface area (Å²) in [5.74, 6) is 0.766. The second-order valence-electron chi connectivity index (χ2n) is 6.25. The van der Waals surface area contributed by atoms with E-state index in [2.05, 4.69) is 26.0 Å². The normalized spacial score (nSPS) is 11.8. The van der Waals surface area contributed by atoms with E-state index in [1.54, 1.807) is 42.6 Å². The van der Waals surface area contributed by atoms with Crippen LogP contribution in [0.5, 0.6) is 0 Å². The molecule has 0 saturated carbocycles. The number of hydrogen-bond acceptors (Lipinski definition) is 5. The summed E-state index contributed by atoms with van der Waals surface area (Å²) in [7, 11) is 0. The third-order valence-corrected chi connectivity index (χ3v) is 6.14. The van der Waals surface area contributed by atoms with Gasteiger partial charge in [-0.15, -0.1) is 11.3 Å². The SMILES string of the molecule is O=c1c2ccccc2nc(-c2cc3cc(Cl)ccc3o2)n1N=Cc1ccc(Br)s1. The second-order valence-corrected chi connectivity index (χ2v) is 9.18. The van der Waals surface area contributed by atoms with E-state index in [0.717, 1.165) is 14.0 Å². The fraction of sp³-hybridized carbons (Fsp3) is 0. The molecule has 0 aliphatic rings. The van der Waals surface area contributed by atoms with Crippen LogP contribution in [0.1, 0.15) is 4.88 Å². The molecule has 0 N–H and O–H groups in total. The Hall–Kier alpha value is -2.74. The summed E-state index contributed by atoms with van der Waals surface area (Å²) in [5, 5.41) is 6.34. The molecule has 0 radical (unpaired) electrons. The van der Waals surface area contributed by atoms with Crippen LogP contribution in [-0.4, -0.2) is 15.9 Å². The lowest BCUT2D eigenvalue weighted by Crippen LogP contribution is -2.20. The van der Waals surface area contributed by atoms with Crippen LogP contribution in [0.25, 0.3) is 33.5 Å². The minimum Gasteiger partial charge on any atom is -0.453 e. The molecule has 142 valence electrons. The number of para-hydroxylation sites is 1. The molecule has 5 rings (SSSR count). The van der Waals surface area contributed by atoms with Gasteiger partial charge in [0.2, 0.25) is 5.82 Å². The van der Waals surface area contributed by atoms with E-state index in [0.29, 0.717) is 33.1 Å². The molecular weight excluding hydrogens is 474 g/mol. The second kappa shape index (κ2) is 7.26. The van der Waals surface area contributed by atoms with E-state index >= 15 is 0 Å². The molecule has 5 aromatic rings. The molecule has 3 aromatic heterocycles. The minimum absolute atomic E-state index is 0.268. The zero-order chi connectivity index (χ0) is 20.0. The van der Waals surface area contributed by atoms with Crippen LogP contribution >= 0.6 is 38.9 Å². The highest BCUT2D eigenvalue weighted by atomic mass is 79.9. The number of nitrogens with zero attached hydrogens (tertiary/aromatic N) is 3. The van der Waals surface area contributed by atoms with Crippen LogP contribution in [0.4, 0.5) is 0 Å². The van der Waals surface area contributed by atoms with Crippen LogP contribution in [0, 0.1) is 0 Å². The fourth-order valence-electron chi connectivity index (χ4n) is 3.03. The van der Waals surface area contributed by atoms with Crippen LogP contribution in [0.2, 0.25) is 5.02 Å². The van der Waals surface area contributed by atoms with Crippen molar-refractivity contribution in [2.24, 2.45) is 5.10 Å². The lowest BCUT2D eigenvalue weighted by atomic mass is 10.2. The van der Waals surface area contributed by atoms with E-state index in [1.807, 2.05) is 24.3 Å². The molecule has 0 amide bonds. The van der Waals surface area contributed by atoms with Gasteiger partial charge in [0.15, 0.2) is 5.76 Å². The number of rotatable bonds is 3. The van der Waals surface area contributed by atoms with Gasteiger partial charge in [-0.1, -0.05) is 23.7 Å². The summed E-state index contributed by atoms with van der Waals surface area (Å²) in [6.45, 7) is 0. The van der Waals surface area contributed by atoms with Crippen LogP contribution in [0.15, 0.2) is 78.8 Å². The first kappa shape index (κ1) is 18.3. The fourth-order valence-corrected chi connectivity index (χ4v) is 4.50. The van der Waals surface area contributed by atoms with Crippen LogP contribution < -0.4 is 5.56 Å². The maximum absolute atomic E-state index is 13.2. The first-order valence-corrected chi connectivity index (χ1v) is 10.6. The Bertz CT molecular complexity index is 1470. The van der Waals surface area contributed by atoms with Crippen molar-refractivity contribution in [1.82, 2.24) is 9.66 Å². The van der Waals surface area contributed by atoms with Crippen molar-refractivity contribution < 1.29 is 4.42 Å². The average Bonchev–Trinajstić information content (AvgIpc) is 3.32. The number of thiophene rings is 1. The molecule has 0 aliphatic heterocycles. The zero-order valence-electron chi connectivity index (χ0n) is 14.7. The van der Waals surface area contributed by atoms with E-state index in [4.69, 9.17) is 16.0 Å². The van der Waals surface area contributed by atoms with E-state index in [-0.39, 0.29) is 5.56 Å². The predicted octanol–water partition coefficient (Wildman–Crippen LogP) is 6.17. The summed E-state index contributed by atoms with van der Waals surface area (Å²) >= 11 is 11.0. The molecule has 0 fully saturated rings. The molecule has 8 heteroatoms. The number of halogens is 2. The molecule has 2 aromatic carbocycles. The van der Waals surface area contributed by atoms with Crippen LogP contribution in [-0.2, 0) is 0 Å². The third-order valence-electron chi connectivity index (χ3n) is 4.35. The highest BCUT2D eigenvalue weighted by Crippen LogP contribution is 2.29. The van der Waals surface area contributed by atoms with Crippen molar-refractivity contribution in [3.8, 4) is 11.6 Å². The Morgan fingerprint density at radius 1 is 1.14 bits per heavy atom. The monoisotopic (exact) mass is 483 g/mol. The summed E-state index contributed by atoms with van der Waals surface area (Å²) in [4.78, 5) is 18.7. The Balaban J connectivity index is 1.75. The van der Waals surface area contributed by atoms with Crippen molar-refractivity contribution in [3.05, 3.63) is 84.7 Å². The van der Waals surface area contributed by atoms with Crippen molar-refractivity contribution >= 4 is 67.0 Å². The van der Waals surface area contributed by atoms with Gasteiger partial charge >= 0.3 is 0 Å². The molecule has 29 heavy (non-hydrogen) atoms. The number of benzene rings is 2. The number of furan rings is 1. The number of hydrogen-bond donors (Lipinski definition) is 0. The summed E-state index contributed by atoms with van der Waals surface area (Å²) in [5.41, 5.74) is 0.969. The molecule has 3 heterocycles. The van der Waals surface area contributed by atoms with Crippen molar-refractivity contribution in [1.29, 1.82) is 0 Å². The Morgan fingerprint density at radius 3 is 2.83 bits per heavy atom. The largest absolute Gasteiger partial charge is 0.453 e. The first-order valence-electron chi connectivity index (χ1n) is 8.59. The van der Waals surface area contributed by atoms with E-state index < -0.39 is 0 Å². The van der Waals surface area contributed by atoms with Gasteiger partial charge in [0, 0.05) is 15.3 Å². The molecule has 0 unspecified atom stereocenters. The van der Waals surface area contributed by atoms with Crippen LogP contribution in [0.3, 0.4) is 0 Å². The quantitative estimate of drug-likeness (QED) is 0.288. The van der Waals surface area contributed by atoms with Gasteiger partial charge in [0.25, 0.3) is 5.56 Å². The molecular formula is C21H11BrClN3O2S.